The molecule has 0 saturated heterocycles. The van der Waals surface area contributed by atoms with E-state index in [-0.39, 0.29) is 33.8 Å². The molecule has 4 aliphatic rings. The zero-order valence-electron chi connectivity index (χ0n) is 47.5. The highest BCUT2D eigenvalue weighted by molar-refractivity contribution is 7.26. The van der Waals surface area contributed by atoms with Crippen LogP contribution in [0.4, 0.5) is 51.2 Å². The summed E-state index contributed by atoms with van der Waals surface area (Å²) in [5.41, 5.74) is 26.6. The summed E-state index contributed by atoms with van der Waals surface area (Å²) in [7, 11) is 0. The Kier molecular flexibility index (Phi) is 10.8. The monoisotopic (exact) mass is 1010 g/mol. The average Bonchev–Trinajstić information content (AvgIpc) is 3.88. The number of hydrogen-bond acceptors (Lipinski definition) is 4. The molecule has 0 atom stereocenters. The summed E-state index contributed by atoms with van der Waals surface area (Å²) in [5.74, 6) is 0. The van der Waals surface area contributed by atoms with Crippen LogP contribution in [0.1, 0.15) is 146 Å². The van der Waals surface area contributed by atoms with Crippen molar-refractivity contribution in [3.63, 3.8) is 0 Å². The van der Waals surface area contributed by atoms with E-state index < -0.39 is 0 Å². The Morgan fingerprint density at radius 3 is 1.68 bits per heavy atom. The molecule has 9 aromatic rings. The van der Waals surface area contributed by atoms with Crippen LogP contribution >= 0.6 is 11.3 Å². The number of anilines is 9. The van der Waals surface area contributed by atoms with Crippen molar-refractivity contribution in [1.29, 1.82) is 0 Å². The second-order valence-corrected chi connectivity index (χ2v) is 28.0. The first-order valence-corrected chi connectivity index (χ1v) is 28.9. The van der Waals surface area contributed by atoms with Gasteiger partial charge in [-0.25, -0.2) is 0 Å². The van der Waals surface area contributed by atoms with Crippen molar-refractivity contribution in [1.82, 2.24) is 0 Å². The lowest BCUT2D eigenvalue weighted by atomic mass is 9.33. The Morgan fingerprint density at radius 2 is 1.05 bits per heavy atom. The van der Waals surface area contributed by atoms with Crippen molar-refractivity contribution in [2.45, 2.75) is 150 Å². The Labute approximate surface area is 457 Å². The highest BCUT2D eigenvalue weighted by Crippen LogP contribution is 2.54. The fraction of sp³-hybridized carbons (Fsp3) is 0.324. The lowest BCUT2D eigenvalue weighted by Crippen LogP contribution is -2.62. The second kappa shape index (κ2) is 16.7. The van der Waals surface area contributed by atoms with Crippen LogP contribution in [-0.2, 0) is 27.1 Å². The molecule has 0 spiro atoms. The molecule has 382 valence electrons. The minimum atomic E-state index is -0.0161. The molecule has 0 bridgehead atoms. The van der Waals surface area contributed by atoms with E-state index in [1.54, 1.807) is 0 Å². The molecular weight excluding hydrogens is 938 g/mol. The predicted molar refractivity (Wildman–Crippen MR) is 332 cm³/mol. The smallest absolute Gasteiger partial charge is 0.252 e. The van der Waals surface area contributed by atoms with Gasteiger partial charge in [-0.1, -0.05) is 155 Å². The van der Waals surface area contributed by atoms with Crippen molar-refractivity contribution < 1.29 is 0 Å². The lowest BCUT2D eigenvalue weighted by Gasteiger charge is -2.48. The number of thiophene rings is 1. The highest BCUT2D eigenvalue weighted by Gasteiger charge is 2.48. The van der Waals surface area contributed by atoms with Crippen molar-refractivity contribution in [2.75, 3.05) is 14.7 Å². The third-order valence-electron chi connectivity index (χ3n) is 18.8. The molecule has 3 heterocycles. The Hall–Kier alpha value is -6.56. The first-order valence-electron chi connectivity index (χ1n) is 28.1. The van der Waals surface area contributed by atoms with Crippen molar-refractivity contribution in [2.24, 2.45) is 0 Å². The molecule has 0 fully saturated rings. The summed E-state index contributed by atoms with van der Waals surface area (Å²) >= 11 is 1.95. The number of rotatable bonds is 5. The van der Waals surface area contributed by atoms with Gasteiger partial charge in [0, 0.05) is 61.0 Å². The first-order chi connectivity index (χ1) is 36.0. The van der Waals surface area contributed by atoms with Crippen LogP contribution in [0.15, 0.2) is 146 Å². The van der Waals surface area contributed by atoms with E-state index in [9.17, 15) is 0 Å². The summed E-state index contributed by atoms with van der Waals surface area (Å²) in [6.45, 7) is 33.6. The molecule has 0 radical (unpaired) electrons. The van der Waals surface area contributed by atoms with Gasteiger partial charge in [0.2, 0.25) is 0 Å². The summed E-state index contributed by atoms with van der Waals surface area (Å²) < 4.78 is 2.65. The maximum Gasteiger partial charge on any atom is 0.252 e. The maximum absolute atomic E-state index is 2.71. The van der Waals surface area contributed by atoms with Crippen molar-refractivity contribution in [3.05, 3.63) is 190 Å². The Balaban J connectivity index is 1.15. The third kappa shape index (κ3) is 7.41. The number of benzene rings is 8. The molecule has 0 saturated carbocycles. The minimum absolute atomic E-state index is 0.0161. The lowest BCUT2D eigenvalue weighted by molar-refractivity contribution is 0.332. The van der Waals surface area contributed by atoms with E-state index >= 15 is 0 Å². The standard InChI is InChI=1S/C71H74BN3S/c1-43-36-62-65-63(37-43)75(59-25-19-22-50-49-29-26-46(67(4,5)6)38-64(49)76-66(50)59)60-40-48(73(57-23-17-15-20-44(57)2)58-24-18-16-21-45(58)3)28-31-55(60)72(65)56-41-53-54(71(13,14)35-34-70(53,11)12)42-61(56)74(62)47-27-30-51-52(39-47)69(9,10)33-32-68(51,7)8/h15-31,36-42H,32-35H2,1-14H3. The molecular formula is C71H74BN3S. The Morgan fingerprint density at radius 1 is 0.474 bits per heavy atom. The number of nitrogens with zero attached hydrogens (tertiary/aromatic N) is 3. The van der Waals surface area contributed by atoms with Crippen LogP contribution < -0.4 is 31.1 Å². The van der Waals surface area contributed by atoms with Gasteiger partial charge in [-0.3, -0.25) is 0 Å². The quantitative estimate of drug-likeness (QED) is 0.159. The molecule has 1 aromatic heterocycles. The first kappa shape index (κ1) is 49.0. The van der Waals surface area contributed by atoms with E-state index in [2.05, 4.69) is 257 Å². The van der Waals surface area contributed by atoms with Gasteiger partial charge < -0.3 is 14.7 Å². The molecule has 2 aliphatic heterocycles. The summed E-state index contributed by atoms with van der Waals surface area (Å²) in [6, 6.07) is 57.4. The molecule has 0 N–H and O–H groups in total. The van der Waals surface area contributed by atoms with Crippen LogP contribution in [-0.4, -0.2) is 6.71 Å². The fourth-order valence-corrected chi connectivity index (χ4v) is 15.3. The summed E-state index contributed by atoms with van der Waals surface area (Å²) in [5, 5.41) is 2.63. The molecule has 3 nitrogen and oxygen atoms in total. The van der Waals surface area contributed by atoms with E-state index in [0.717, 1.165) is 18.5 Å². The molecule has 2 aliphatic carbocycles. The molecule has 13 rings (SSSR count). The third-order valence-corrected chi connectivity index (χ3v) is 20.0. The van der Waals surface area contributed by atoms with Gasteiger partial charge in [-0.2, -0.15) is 0 Å². The van der Waals surface area contributed by atoms with Gasteiger partial charge in [0.05, 0.1) is 10.4 Å². The van der Waals surface area contributed by atoms with Crippen LogP contribution in [0.3, 0.4) is 0 Å². The Bertz CT molecular complexity index is 3850. The van der Waals surface area contributed by atoms with Crippen LogP contribution in [0.25, 0.3) is 20.2 Å². The summed E-state index contributed by atoms with van der Waals surface area (Å²) in [4.78, 5) is 7.90. The van der Waals surface area contributed by atoms with E-state index in [0.29, 0.717) is 0 Å². The van der Waals surface area contributed by atoms with Crippen LogP contribution in [0.2, 0.25) is 0 Å². The van der Waals surface area contributed by atoms with Crippen LogP contribution in [0, 0.1) is 20.8 Å². The second-order valence-electron chi connectivity index (χ2n) is 26.9. The molecule has 0 amide bonds. The van der Waals surface area contributed by atoms with Gasteiger partial charge in [0.15, 0.2) is 0 Å². The molecule has 76 heavy (non-hydrogen) atoms. The van der Waals surface area contributed by atoms with Gasteiger partial charge in [0.25, 0.3) is 6.71 Å². The number of hydrogen-bond donors (Lipinski definition) is 0. The van der Waals surface area contributed by atoms with Gasteiger partial charge in [-0.15, -0.1) is 11.3 Å². The zero-order chi connectivity index (χ0) is 53.2. The zero-order valence-corrected chi connectivity index (χ0v) is 48.3. The normalized spacial score (nSPS) is 17.5. The van der Waals surface area contributed by atoms with E-state index in [1.807, 2.05) is 11.3 Å². The number of fused-ring (bicyclic) bond motifs is 9. The van der Waals surface area contributed by atoms with E-state index in [1.165, 1.54) is 139 Å². The predicted octanol–water partition coefficient (Wildman–Crippen LogP) is 18.5. The number of aryl methyl sites for hydroxylation is 3. The average molecular weight is 1010 g/mol. The SMILES string of the molecule is Cc1cc2c3c(c1)N(c1cccc4c1sc1cc(C(C)(C)C)ccc14)c1cc(N(c4ccccc4C)c4ccccc4C)ccc1B3c1cc3c(cc1N2c1ccc2c(c1)C(C)(C)CCC2(C)C)C(C)(C)CCC3(C)C. The molecule has 5 heteroatoms. The van der Waals surface area contributed by atoms with Crippen LogP contribution in [0.5, 0.6) is 0 Å². The number of para-hydroxylation sites is 2. The fourth-order valence-electron chi connectivity index (χ4n) is 14.0. The van der Waals surface area contributed by atoms with Gasteiger partial charge in [-0.05, 0) is 201 Å². The molecule has 0 unspecified atom stereocenters. The van der Waals surface area contributed by atoms with Gasteiger partial charge >= 0.3 is 0 Å². The summed E-state index contributed by atoms with van der Waals surface area (Å²) in [6.07, 6.45) is 4.69. The van der Waals surface area contributed by atoms with E-state index in [4.69, 9.17) is 0 Å². The highest BCUT2D eigenvalue weighted by atomic mass is 32.1. The largest absolute Gasteiger partial charge is 0.311 e. The maximum atomic E-state index is 2.71. The van der Waals surface area contributed by atoms with Crippen molar-refractivity contribution in [3.8, 4) is 0 Å². The topological polar surface area (TPSA) is 9.72 Å². The van der Waals surface area contributed by atoms with Gasteiger partial charge in [0.1, 0.15) is 0 Å². The minimum Gasteiger partial charge on any atom is -0.311 e. The van der Waals surface area contributed by atoms with Crippen molar-refractivity contribution >= 4 is 106 Å². The molecule has 8 aromatic carbocycles.